The highest BCUT2D eigenvalue weighted by Crippen LogP contribution is 2.28. The number of hydrogen-bond acceptors (Lipinski definition) is 4. The fraction of sp³-hybridized carbons (Fsp3) is 0.0833. The van der Waals surface area contributed by atoms with Gasteiger partial charge in [0.2, 0.25) is 5.76 Å². The van der Waals surface area contributed by atoms with Gasteiger partial charge in [0.25, 0.3) is 10.0 Å². The smallest absolute Gasteiger partial charge is 0.371 e. The third-order valence-electron chi connectivity index (χ3n) is 2.55. The molecule has 0 saturated carbocycles. The van der Waals surface area contributed by atoms with Crippen LogP contribution in [-0.2, 0) is 10.0 Å². The maximum absolute atomic E-state index is 13.2. The van der Waals surface area contributed by atoms with Crippen molar-refractivity contribution < 1.29 is 27.1 Å². The van der Waals surface area contributed by atoms with Gasteiger partial charge in [-0.15, -0.1) is 0 Å². The summed E-state index contributed by atoms with van der Waals surface area (Å²) < 4.78 is 44.9. The third kappa shape index (κ3) is 3.24. The second-order valence-electron chi connectivity index (χ2n) is 4.07. The minimum Gasteiger partial charge on any atom is -0.475 e. The van der Waals surface area contributed by atoms with Crippen molar-refractivity contribution in [3.63, 3.8) is 0 Å². The molecule has 1 heterocycles. The standard InChI is InChI=1S/C12H9BrFNO5S/c1-6-11(5-10(20-6)12(16)17)21(18,19)15-9-4-7(14)2-3-8(9)13/h2-5,15H,1H3,(H,16,17). The van der Waals surface area contributed by atoms with Crippen molar-refractivity contribution in [2.45, 2.75) is 11.8 Å². The van der Waals surface area contributed by atoms with Crippen molar-refractivity contribution in [1.29, 1.82) is 0 Å². The molecule has 0 aliphatic heterocycles. The summed E-state index contributed by atoms with van der Waals surface area (Å²) >= 11 is 3.09. The van der Waals surface area contributed by atoms with Gasteiger partial charge in [0.05, 0.1) is 5.69 Å². The summed E-state index contributed by atoms with van der Waals surface area (Å²) in [6.07, 6.45) is 0. The summed E-state index contributed by atoms with van der Waals surface area (Å²) in [4.78, 5) is 10.5. The van der Waals surface area contributed by atoms with E-state index < -0.39 is 27.6 Å². The van der Waals surface area contributed by atoms with Crippen LogP contribution in [0, 0.1) is 12.7 Å². The maximum atomic E-state index is 13.2. The lowest BCUT2D eigenvalue weighted by Crippen LogP contribution is -2.13. The van der Waals surface area contributed by atoms with E-state index in [0.29, 0.717) is 4.47 Å². The van der Waals surface area contributed by atoms with Gasteiger partial charge in [0.15, 0.2) is 0 Å². The number of carboxylic acid groups (broad SMARTS) is 1. The quantitative estimate of drug-likeness (QED) is 0.853. The molecule has 0 amide bonds. The van der Waals surface area contributed by atoms with Gasteiger partial charge >= 0.3 is 5.97 Å². The van der Waals surface area contributed by atoms with E-state index in [-0.39, 0.29) is 16.3 Å². The molecule has 112 valence electrons. The Morgan fingerprint density at radius 3 is 2.62 bits per heavy atom. The largest absolute Gasteiger partial charge is 0.475 e. The Hall–Kier alpha value is -1.87. The molecule has 2 rings (SSSR count). The Labute approximate surface area is 127 Å². The highest BCUT2D eigenvalue weighted by molar-refractivity contribution is 9.10. The molecule has 0 aliphatic rings. The second-order valence-corrected chi connectivity index (χ2v) is 6.57. The molecule has 0 fully saturated rings. The van der Waals surface area contributed by atoms with E-state index in [1.54, 1.807) is 0 Å². The normalized spacial score (nSPS) is 11.4. The van der Waals surface area contributed by atoms with Crippen LogP contribution in [0.15, 0.2) is 38.1 Å². The van der Waals surface area contributed by atoms with Crippen molar-refractivity contribution in [2.24, 2.45) is 0 Å². The predicted octanol–water partition coefficient (Wildman–Crippen LogP) is 2.99. The van der Waals surface area contributed by atoms with Gasteiger partial charge in [-0.05, 0) is 41.1 Å². The van der Waals surface area contributed by atoms with Gasteiger partial charge in [0, 0.05) is 10.5 Å². The highest BCUT2D eigenvalue weighted by atomic mass is 79.9. The first-order valence-electron chi connectivity index (χ1n) is 5.52. The molecule has 0 aliphatic carbocycles. The zero-order valence-electron chi connectivity index (χ0n) is 10.6. The number of furan rings is 1. The van der Waals surface area contributed by atoms with Gasteiger partial charge in [-0.1, -0.05) is 0 Å². The average molecular weight is 378 g/mol. The van der Waals surface area contributed by atoms with E-state index in [1.807, 2.05) is 0 Å². The number of carbonyl (C=O) groups is 1. The number of anilines is 1. The molecule has 21 heavy (non-hydrogen) atoms. The Morgan fingerprint density at radius 2 is 2.05 bits per heavy atom. The molecule has 0 radical (unpaired) electrons. The summed E-state index contributed by atoms with van der Waals surface area (Å²) in [6, 6.07) is 4.40. The van der Waals surface area contributed by atoms with Crippen LogP contribution in [0.1, 0.15) is 16.3 Å². The fourth-order valence-electron chi connectivity index (χ4n) is 1.61. The Bertz CT molecular complexity index is 815. The van der Waals surface area contributed by atoms with Crippen LogP contribution in [0.2, 0.25) is 0 Å². The fourth-order valence-corrected chi connectivity index (χ4v) is 3.34. The topological polar surface area (TPSA) is 96.6 Å². The highest BCUT2D eigenvalue weighted by Gasteiger charge is 2.24. The number of benzene rings is 1. The Balaban J connectivity index is 2.43. The van der Waals surface area contributed by atoms with Crippen molar-refractivity contribution in [3.8, 4) is 0 Å². The minimum absolute atomic E-state index is 0.00697. The molecule has 1 aromatic carbocycles. The number of aromatic carboxylic acids is 1. The Kier molecular flexibility index (Phi) is 4.06. The summed E-state index contributed by atoms with van der Waals surface area (Å²) in [5.74, 6) is -2.57. The zero-order chi connectivity index (χ0) is 15.8. The van der Waals surface area contributed by atoms with E-state index >= 15 is 0 Å². The van der Waals surface area contributed by atoms with Crippen molar-refractivity contribution in [1.82, 2.24) is 0 Å². The van der Waals surface area contributed by atoms with E-state index in [1.165, 1.54) is 13.0 Å². The monoisotopic (exact) mass is 377 g/mol. The number of carboxylic acids is 1. The summed E-state index contributed by atoms with van der Waals surface area (Å²) in [5.41, 5.74) is -0.00697. The van der Waals surface area contributed by atoms with Crippen LogP contribution < -0.4 is 4.72 Å². The van der Waals surface area contributed by atoms with Crippen LogP contribution in [0.25, 0.3) is 0 Å². The van der Waals surface area contributed by atoms with Crippen molar-refractivity contribution >= 4 is 37.6 Å². The van der Waals surface area contributed by atoms with Gasteiger partial charge in [-0.2, -0.15) is 0 Å². The maximum Gasteiger partial charge on any atom is 0.371 e. The Morgan fingerprint density at radius 1 is 1.38 bits per heavy atom. The lowest BCUT2D eigenvalue weighted by atomic mass is 10.3. The van der Waals surface area contributed by atoms with Gasteiger partial charge in [-0.25, -0.2) is 17.6 Å². The average Bonchev–Trinajstić information content (AvgIpc) is 2.77. The van der Waals surface area contributed by atoms with E-state index in [0.717, 1.165) is 18.2 Å². The van der Waals surface area contributed by atoms with Gasteiger partial charge in [0.1, 0.15) is 16.5 Å². The number of halogens is 2. The molecule has 9 heteroatoms. The minimum atomic E-state index is -4.10. The lowest BCUT2D eigenvalue weighted by molar-refractivity contribution is 0.0661. The molecule has 0 spiro atoms. The van der Waals surface area contributed by atoms with E-state index in [4.69, 9.17) is 9.52 Å². The number of sulfonamides is 1. The van der Waals surface area contributed by atoms with Crippen LogP contribution >= 0.6 is 15.9 Å². The van der Waals surface area contributed by atoms with Gasteiger partial charge < -0.3 is 9.52 Å². The van der Waals surface area contributed by atoms with Crippen LogP contribution in [0.3, 0.4) is 0 Å². The van der Waals surface area contributed by atoms with Crippen molar-refractivity contribution in [2.75, 3.05) is 4.72 Å². The summed E-state index contributed by atoms with van der Waals surface area (Å²) in [7, 11) is -4.10. The molecule has 1 aromatic heterocycles. The number of hydrogen-bond donors (Lipinski definition) is 2. The molecular formula is C12H9BrFNO5S. The first kappa shape index (κ1) is 15.5. The molecule has 6 nitrogen and oxygen atoms in total. The molecule has 2 aromatic rings. The summed E-state index contributed by atoms with van der Waals surface area (Å²) in [5, 5.41) is 8.79. The number of aryl methyl sites for hydroxylation is 1. The van der Waals surface area contributed by atoms with E-state index in [2.05, 4.69) is 20.7 Å². The predicted molar refractivity (Wildman–Crippen MR) is 75.3 cm³/mol. The van der Waals surface area contributed by atoms with E-state index in [9.17, 15) is 17.6 Å². The molecule has 0 atom stereocenters. The number of rotatable bonds is 4. The van der Waals surface area contributed by atoms with Crippen LogP contribution in [0.5, 0.6) is 0 Å². The van der Waals surface area contributed by atoms with Crippen molar-refractivity contribution in [3.05, 3.63) is 46.1 Å². The molecule has 0 saturated heterocycles. The second kappa shape index (κ2) is 5.49. The lowest BCUT2D eigenvalue weighted by Gasteiger charge is -2.08. The molecule has 0 unspecified atom stereocenters. The molecule has 2 N–H and O–H groups in total. The molecular weight excluding hydrogens is 369 g/mol. The first-order chi connectivity index (χ1) is 9.70. The first-order valence-corrected chi connectivity index (χ1v) is 7.80. The summed E-state index contributed by atoms with van der Waals surface area (Å²) in [6.45, 7) is 1.32. The zero-order valence-corrected chi connectivity index (χ0v) is 13.0. The SMILES string of the molecule is Cc1oc(C(=O)O)cc1S(=O)(=O)Nc1cc(F)ccc1Br. The van der Waals surface area contributed by atoms with Gasteiger partial charge in [-0.3, -0.25) is 4.72 Å². The number of nitrogens with one attached hydrogen (secondary N) is 1. The molecule has 0 bridgehead atoms. The van der Waals surface area contributed by atoms with Crippen LogP contribution in [0.4, 0.5) is 10.1 Å². The third-order valence-corrected chi connectivity index (χ3v) is 4.71. The van der Waals surface area contributed by atoms with Crippen LogP contribution in [-0.4, -0.2) is 19.5 Å².